The summed E-state index contributed by atoms with van der Waals surface area (Å²) >= 11 is 0. The van der Waals surface area contributed by atoms with Gasteiger partial charge in [-0.05, 0) is 44.2 Å². The van der Waals surface area contributed by atoms with Gasteiger partial charge in [-0.25, -0.2) is 8.42 Å². The van der Waals surface area contributed by atoms with Gasteiger partial charge in [0, 0.05) is 43.0 Å². The number of fused-ring (bicyclic) bond motifs is 1. The molecule has 0 bridgehead atoms. The molecule has 194 valence electrons. The van der Waals surface area contributed by atoms with Gasteiger partial charge in [-0.1, -0.05) is 24.8 Å². The van der Waals surface area contributed by atoms with Crippen molar-refractivity contribution in [3.63, 3.8) is 0 Å². The lowest BCUT2D eigenvalue weighted by molar-refractivity contribution is -0.130. The van der Waals surface area contributed by atoms with Gasteiger partial charge in [0.25, 0.3) is 0 Å². The average molecular weight is 516 g/mol. The Bertz CT molecular complexity index is 1220. The number of sulfonamides is 1. The molecule has 0 unspecified atom stereocenters. The van der Waals surface area contributed by atoms with Gasteiger partial charge in [-0.3, -0.25) is 9.78 Å². The van der Waals surface area contributed by atoms with Gasteiger partial charge in [0.05, 0.1) is 19.6 Å². The number of hydrogen-bond donors (Lipinski definition) is 2. The molecule has 3 rings (SSSR count). The molecule has 2 N–H and O–H groups in total. The number of aliphatic hydroxyl groups excluding tert-OH is 2. The Morgan fingerprint density at radius 1 is 1.31 bits per heavy atom. The monoisotopic (exact) mass is 515 g/mol. The van der Waals surface area contributed by atoms with Crippen molar-refractivity contribution in [3.8, 4) is 17.6 Å². The maximum atomic E-state index is 13.5. The standard InChI is InChI=1S/C26H33N3O6S/c1-18-15-29(19(2)17-30)36(33,34)25-11-10-21(9-8-20(3)31)13-23(25)35-24(18)16-28(4)26(32)14-22-7-5-6-12-27-22/h5-7,10-13,18-20,24,30-31H,14-17H2,1-4H3/t18-,19+,20-,24+/m1/s1. The minimum Gasteiger partial charge on any atom is -0.487 e. The van der Waals surface area contributed by atoms with Crippen LogP contribution in [0, 0.1) is 17.8 Å². The van der Waals surface area contributed by atoms with Crippen molar-refractivity contribution in [1.82, 2.24) is 14.2 Å². The molecular weight excluding hydrogens is 482 g/mol. The summed E-state index contributed by atoms with van der Waals surface area (Å²) in [5.74, 6) is 5.12. The molecule has 4 atom stereocenters. The molecule has 1 amide bonds. The minimum absolute atomic E-state index is 0.0373. The molecule has 0 saturated heterocycles. The topological polar surface area (TPSA) is 120 Å². The zero-order valence-corrected chi connectivity index (χ0v) is 21.8. The normalized spacial score (nSPS) is 20.9. The minimum atomic E-state index is -3.98. The van der Waals surface area contributed by atoms with Gasteiger partial charge in [-0.15, -0.1) is 0 Å². The van der Waals surface area contributed by atoms with Crippen LogP contribution in [0.25, 0.3) is 0 Å². The summed E-state index contributed by atoms with van der Waals surface area (Å²) in [6.45, 7) is 5.03. The smallest absolute Gasteiger partial charge is 0.247 e. The SMILES string of the molecule is C[C@@H]1CN([C@@H](C)CO)S(=O)(=O)c2ccc(C#C[C@@H](C)O)cc2O[C@H]1CN(C)C(=O)Cc1ccccn1. The number of hydrogen-bond acceptors (Lipinski definition) is 7. The fourth-order valence-electron chi connectivity index (χ4n) is 3.87. The number of ether oxygens (including phenoxy) is 1. The summed E-state index contributed by atoms with van der Waals surface area (Å²) in [6, 6.07) is 9.25. The Kier molecular flexibility index (Phi) is 9.08. The van der Waals surface area contributed by atoms with Gasteiger partial charge < -0.3 is 19.8 Å². The third kappa shape index (κ3) is 6.62. The van der Waals surface area contributed by atoms with Crippen molar-refractivity contribution in [1.29, 1.82) is 0 Å². The van der Waals surface area contributed by atoms with Crippen LogP contribution < -0.4 is 4.74 Å². The van der Waals surface area contributed by atoms with Crippen LogP contribution in [0.5, 0.6) is 5.75 Å². The van der Waals surface area contributed by atoms with E-state index in [1.165, 1.54) is 23.4 Å². The van der Waals surface area contributed by atoms with Crippen molar-refractivity contribution >= 4 is 15.9 Å². The van der Waals surface area contributed by atoms with Crippen molar-refractivity contribution in [2.75, 3.05) is 26.7 Å². The zero-order valence-electron chi connectivity index (χ0n) is 21.0. The molecule has 36 heavy (non-hydrogen) atoms. The Hall–Kier alpha value is -2.97. The van der Waals surface area contributed by atoms with Gasteiger partial charge in [-0.2, -0.15) is 4.31 Å². The molecule has 0 radical (unpaired) electrons. The molecule has 10 heteroatoms. The van der Waals surface area contributed by atoms with Gasteiger partial charge in [0.1, 0.15) is 22.9 Å². The van der Waals surface area contributed by atoms with E-state index in [1.807, 2.05) is 13.0 Å². The number of carbonyl (C=O) groups excluding carboxylic acids is 1. The Balaban J connectivity index is 1.96. The van der Waals surface area contributed by atoms with Crippen LogP contribution in [0.1, 0.15) is 32.0 Å². The number of carbonyl (C=O) groups is 1. The van der Waals surface area contributed by atoms with E-state index in [0.29, 0.717) is 11.3 Å². The molecule has 2 heterocycles. The highest BCUT2D eigenvalue weighted by Crippen LogP contribution is 2.34. The molecule has 0 fully saturated rings. The van der Waals surface area contributed by atoms with Crippen molar-refractivity contribution in [2.45, 2.75) is 50.3 Å². The number of aliphatic hydroxyl groups is 2. The number of amides is 1. The number of likely N-dealkylation sites (N-methyl/N-ethyl adjacent to an activating group) is 1. The first kappa shape index (κ1) is 27.6. The highest BCUT2D eigenvalue weighted by atomic mass is 32.2. The Morgan fingerprint density at radius 3 is 2.69 bits per heavy atom. The quantitative estimate of drug-likeness (QED) is 0.556. The van der Waals surface area contributed by atoms with E-state index in [0.717, 1.165) is 0 Å². The maximum absolute atomic E-state index is 13.5. The molecular formula is C26H33N3O6S. The summed E-state index contributed by atoms with van der Waals surface area (Å²) in [4.78, 5) is 18.6. The highest BCUT2D eigenvalue weighted by molar-refractivity contribution is 7.89. The predicted molar refractivity (Wildman–Crippen MR) is 135 cm³/mol. The van der Waals surface area contributed by atoms with Gasteiger partial charge >= 0.3 is 0 Å². The molecule has 1 aromatic carbocycles. The first-order valence-electron chi connectivity index (χ1n) is 11.8. The Labute approximate surface area is 212 Å². The first-order valence-corrected chi connectivity index (χ1v) is 13.2. The number of aromatic nitrogens is 1. The number of rotatable bonds is 6. The first-order chi connectivity index (χ1) is 17.0. The zero-order chi connectivity index (χ0) is 26.5. The number of benzene rings is 1. The van der Waals surface area contributed by atoms with Crippen molar-refractivity contribution in [2.24, 2.45) is 5.92 Å². The summed E-state index contributed by atoms with van der Waals surface area (Å²) in [5.41, 5.74) is 1.14. The molecule has 0 spiro atoms. The summed E-state index contributed by atoms with van der Waals surface area (Å²) in [5, 5.41) is 19.3. The maximum Gasteiger partial charge on any atom is 0.247 e. The lowest BCUT2D eigenvalue weighted by atomic mass is 10.0. The third-order valence-electron chi connectivity index (χ3n) is 6.03. The molecule has 1 aliphatic heterocycles. The molecule has 1 aromatic heterocycles. The fourth-order valence-corrected chi connectivity index (χ4v) is 5.70. The van der Waals surface area contributed by atoms with E-state index >= 15 is 0 Å². The van der Waals surface area contributed by atoms with E-state index in [9.17, 15) is 23.4 Å². The second kappa shape index (κ2) is 11.8. The molecule has 0 aliphatic carbocycles. The van der Waals surface area contributed by atoms with Crippen LogP contribution in [0.3, 0.4) is 0 Å². The number of nitrogens with zero attached hydrogens (tertiary/aromatic N) is 3. The molecule has 2 aromatic rings. The third-order valence-corrected chi connectivity index (χ3v) is 8.05. The summed E-state index contributed by atoms with van der Waals surface area (Å²) in [6.07, 6.45) is 0.389. The van der Waals surface area contributed by atoms with E-state index in [2.05, 4.69) is 16.8 Å². The molecule has 9 nitrogen and oxygen atoms in total. The van der Waals surface area contributed by atoms with Crippen LogP contribution in [0.4, 0.5) is 0 Å². The molecule has 1 aliphatic rings. The van der Waals surface area contributed by atoms with Crippen LogP contribution in [0.2, 0.25) is 0 Å². The van der Waals surface area contributed by atoms with Crippen LogP contribution >= 0.6 is 0 Å². The number of pyridine rings is 1. The predicted octanol–water partition coefficient (Wildman–Crippen LogP) is 1.28. The average Bonchev–Trinajstić information content (AvgIpc) is 2.84. The van der Waals surface area contributed by atoms with E-state index in [-0.39, 0.29) is 48.6 Å². The van der Waals surface area contributed by atoms with E-state index < -0.39 is 28.3 Å². The van der Waals surface area contributed by atoms with Crippen LogP contribution in [0.15, 0.2) is 47.5 Å². The second-order valence-corrected chi connectivity index (χ2v) is 11.0. The van der Waals surface area contributed by atoms with Gasteiger partial charge in [0.15, 0.2) is 0 Å². The van der Waals surface area contributed by atoms with Crippen LogP contribution in [-0.4, -0.2) is 83.7 Å². The Morgan fingerprint density at radius 2 is 2.06 bits per heavy atom. The van der Waals surface area contributed by atoms with Crippen LogP contribution in [-0.2, 0) is 21.2 Å². The van der Waals surface area contributed by atoms with Crippen molar-refractivity contribution in [3.05, 3.63) is 53.9 Å². The lowest BCUT2D eigenvalue weighted by Gasteiger charge is -2.37. The summed E-state index contributed by atoms with van der Waals surface area (Å²) < 4.78 is 34.6. The van der Waals surface area contributed by atoms with E-state index in [4.69, 9.17) is 4.74 Å². The van der Waals surface area contributed by atoms with Crippen molar-refractivity contribution < 1.29 is 28.2 Å². The second-order valence-electron chi connectivity index (χ2n) is 9.12. The summed E-state index contributed by atoms with van der Waals surface area (Å²) in [7, 11) is -2.30. The molecule has 0 saturated carbocycles. The largest absolute Gasteiger partial charge is 0.487 e. The highest BCUT2D eigenvalue weighted by Gasteiger charge is 2.38. The lowest BCUT2D eigenvalue weighted by Crippen LogP contribution is -2.50. The fraction of sp³-hybridized carbons (Fsp3) is 0.462. The van der Waals surface area contributed by atoms with Gasteiger partial charge in [0.2, 0.25) is 15.9 Å². The van der Waals surface area contributed by atoms with E-state index in [1.54, 1.807) is 43.3 Å².